The van der Waals surface area contributed by atoms with E-state index in [9.17, 15) is 0 Å². The molecule has 102 valence electrons. The summed E-state index contributed by atoms with van der Waals surface area (Å²) in [5.74, 6) is 0. The highest BCUT2D eigenvalue weighted by molar-refractivity contribution is 6.31. The van der Waals surface area contributed by atoms with Gasteiger partial charge in [-0.25, -0.2) is 4.98 Å². The van der Waals surface area contributed by atoms with Gasteiger partial charge in [-0.05, 0) is 20.8 Å². The molecule has 5 nitrogen and oxygen atoms in total. The zero-order chi connectivity index (χ0) is 13.6. The van der Waals surface area contributed by atoms with Crippen LogP contribution in [0.15, 0.2) is 6.33 Å². The van der Waals surface area contributed by atoms with Gasteiger partial charge in [0.2, 0.25) is 0 Å². The first-order valence-electron chi connectivity index (χ1n) is 6.48. The zero-order valence-electron chi connectivity index (χ0n) is 11.4. The Morgan fingerprint density at radius 1 is 1.47 bits per heavy atom. The molecule has 1 aliphatic rings. The van der Waals surface area contributed by atoms with Crippen molar-refractivity contribution in [3.63, 3.8) is 0 Å². The Morgan fingerprint density at radius 2 is 2.26 bits per heavy atom. The predicted octanol–water partition coefficient (Wildman–Crippen LogP) is 1.94. The molecule has 0 saturated carbocycles. The molecule has 0 spiro atoms. The van der Waals surface area contributed by atoms with E-state index in [2.05, 4.69) is 27.3 Å². The van der Waals surface area contributed by atoms with Crippen molar-refractivity contribution in [3.8, 4) is 0 Å². The number of fused-ring (bicyclic) bond motifs is 1. The molecule has 0 saturated heterocycles. The van der Waals surface area contributed by atoms with Crippen LogP contribution in [0.25, 0.3) is 0 Å². The topological polar surface area (TPSA) is 58.5 Å². The number of hydrogen-bond donors (Lipinski definition) is 2. The van der Waals surface area contributed by atoms with Crippen molar-refractivity contribution in [2.45, 2.75) is 39.3 Å². The Bertz CT molecular complexity index is 615. The minimum atomic E-state index is -0.208. The van der Waals surface area contributed by atoms with Gasteiger partial charge in [-0.2, -0.15) is 5.10 Å². The molecule has 0 bridgehead atoms. The summed E-state index contributed by atoms with van der Waals surface area (Å²) in [7, 11) is 0. The van der Waals surface area contributed by atoms with Crippen LogP contribution in [0.1, 0.15) is 29.7 Å². The normalized spacial score (nSPS) is 22.5. The molecule has 0 amide bonds. The molecule has 0 aliphatic carbocycles. The minimum Gasteiger partial charge on any atom is -0.348 e. The number of aromatic amines is 1. The molecule has 0 fully saturated rings. The van der Waals surface area contributed by atoms with Gasteiger partial charge >= 0.3 is 0 Å². The highest BCUT2D eigenvalue weighted by atomic mass is 35.5. The molecule has 6 heteroatoms. The van der Waals surface area contributed by atoms with Gasteiger partial charge in [-0.1, -0.05) is 11.6 Å². The Balaban J connectivity index is 1.97. The molecule has 1 atom stereocenters. The summed E-state index contributed by atoms with van der Waals surface area (Å²) in [5, 5.41) is 8.82. The summed E-state index contributed by atoms with van der Waals surface area (Å²) < 4.78 is 1.97. The third kappa shape index (κ3) is 1.97. The van der Waals surface area contributed by atoms with Gasteiger partial charge in [0.25, 0.3) is 0 Å². The number of H-pyrrole nitrogens is 1. The van der Waals surface area contributed by atoms with Crippen molar-refractivity contribution in [1.82, 2.24) is 25.1 Å². The second kappa shape index (κ2) is 4.35. The number of nitrogens with one attached hydrogen (secondary N) is 2. The van der Waals surface area contributed by atoms with Crippen LogP contribution >= 0.6 is 11.6 Å². The molecule has 1 unspecified atom stereocenters. The lowest BCUT2D eigenvalue weighted by Gasteiger charge is -2.34. The third-order valence-electron chi connectivity index (χ3n) is 3.89. The molecule has 0 aromatic carbocycles. The summed E-state index contributed by atoms with van der Waals surface area (Å²) >= 11 is 6.22. The molecule has 1 aliphatic heterocycles. The fraction of sp³-hybridized carbons (Fsp3) is 0.538. The van der Waals surface area contributed by atoms with Crippen LogP contribution in [0.4, 0.5) is 0 Å². The number of halogens is 1. The highest BCUT2D eigenvalue weighted by Gasteiger charge is 2.35. The van der Waals surface area contributed by atoms with Crippen molar-refractivity contribution in [1.29, 1.82) is 0 Å². The first kappa shape index (κ1) is 12.7. The summed E-state index contributed by atoms with van der Waals surface area (Å²) in [6, 6.07) is 0. The van der Waals surface area contributed by atoms with Gasteiger partial charge in [0, 0.05) is 18.7 Å². The van der Waals surface area contributed by atoms with E-state index in [-0.39, 0.29) is 5.54 Å². The molecule has 2 aromatic rings. The lowest BCUT2D eigenvalue weighted by Crippen LogP contribution is -2.48. The average molecular weight is 280 g/mol. The quantitative estimate of drug-likeness (QED) is 0.883. The van der Waals surface area contributed by atoms with Crippen LogP contribution in [-0.2, 0) is 18.5 Å². The predicted molar refractivity (Wildman–Crippen MR) is 74.4 cm³/mol. The molecule has 2 aromatic heterocycles. The van der Waals surface area contributed by atoms with Crippen LogP contribution in [-0.4, -0.2) is 26.3 Å². The maximum atomic E-state index is 6.22. The van der Waals surface area contributed by atoms with E-state index in [1.807, 2.05) is 18.5 Å². The summed E-state index contributed by atoms with van der Waals surface area (Å²) in [5.41, 5.74) is 3.97. The van der Waals surface area contributed by atoms with Crippen molar-refractivity contribution < 1.29 is 0 Å². The maximum absolute atomic E-state index is 6.22. The molecule has 0 radical (unpaired) electrons. The van der Waals surface area contributed by atoms with Crippen molar-refractivity contribution in [2.75, 3.05) is 6.54 Å². The molecule has 3 rings (SSSR count). The van der Waals surface area contributed by atoms with E-state index < -0.39 is 0 Å². The number of imidazole rings is 1. The van der Waals surface area contributed by atoms with Crippen molar-refractivity contribution >= 4 is 11.6 Å². The fourth-order valence-corrected chi connectivity index (χ4v) is 2.93. The van der Waals surface area contributed by atoms with Gasteiger partial charge < -0.3 is 10.3 Å². The highest BCUT2D eigenvalue weighted by Crippen LogP contribution is 2.29. The van der Waals surface area contributed by atoms with Crippen molar-refractivity contribution in [3.05, 3.63) is 34.1 Å². The van der Waals surface area contributed by atoms with Crippen LogP contribution in [0.3, 0.4) is 0 Å². The van der Waals surface area contributed by atoms with Crippen LogP contribution < -0.4 is 5.32 Å². The summed E-state index contributed by atoms with van der Waals surface area (Å²) in [6.07, 6.45) is 2.76. The van der Waals surface area contributed by atoms with Gasteiger partial charge in [0.15, 0.2) is 0 Å². The van der Waals surface area contributed by atoms with Gasteiger partial charge in [0.05, 0.1) is 40.5 Å². The van der Waals surface area contributed by atoms with Crippen LogP contribution in [0.5, 0.6) is 0 Å². The molecular weight excluding hydrogens is 262 g/mol. The lowest BCUT2D eigenvalue weighted by atomic mass is 9.91. The van der Waals surface area contributed by atoms with E-state index in [0.717, 1.165) is 41.6 Å². The number of rotatable bonds is 2. The van der Waals surface area contributed by atoms with E-state index in [0.29, 0.717) is 0 Å². The van der Waals surface area contributed by atoms with Crippen molar-refractivity contribution in [2.24, 2.45) is 0 Å². The Kier molecular flexibility index (Phi) is 2.91. The minimum absolute atomic E-state index is 0.208. The number of hydrogen-bond acceptors (Lipinski definition) is 3. The molecule has 3 heterocycles. The summed E-state index contributed by atoms with van der Waals surface area (Å²) in [4.78, 5) is 7.70. The van der Waals surface area contributed by atoms with E-state index in [1.54, 1.807) is 6.33 Å². The maximum Gasteiger partial charge on any atom is 0.0926 e. The van der Waals surface area contributed by atoms with E-state index >= 15 is 0 Å². The second-order valence-electron chi connectivity index (χ2n) is 5.38. The zero-order valence-corrected chi connectivity index (χ0v) is 12.2. The van der Waals surface area contributed by atoms with E-state index in [1.165, 1.54) is 5.69 Å². The fourth-order valence-electron chi connectivity index (χ4n) is 2.79. The number of nitrogens with zero attached hydrogens (tertiary/aromatic N) is 3. The monoisotopic (exact) mass is 279 g/mol. The van der Waals surface area contributed by atoms with Gasteiger partial charge in [-0.3, -0.25) is 4.68 Å². The molecular formula is C13H18ClN5. The second-order valence-corrected chi connectivity index (χ2v) is 5.76. The average Bonchev–Trinajstić information content (AvgIpc) is 2.93. The van der Waals surface area contributed by atoms with Gasteiger partial charge in [-0.15, -0.1) is 0 Å². The molecule has 19 heavy (non-hydrogen) atoms. The largest absolute Gasteiger partial charge is 0.348 e. The van der Waals surface area contributed by atoms with Crippen LogP contribution in [0.2, 0.25) is 5.02 Å². The van der Waals surface area contributed by atoms with E-state index in [4.69, 9.17) is 11.6 Å². The smallest absolute Gasteiger partial charge is 0.0926 e. The van der Waals surface area contributed by atoms with Crippen LogP contribution in [0, 0.1) is 13.8 Å². The Hall–Kier alpha value is -1.33. The molecule has 2 N–H and O–H groups in total. The standard InChI is InChI=1S/C13H18ClN5/c1-8-11(14)9(2)19(18-8)6-13(3)12-10(4-5-17-13)15-7-16-12/h7,17H,4-6H2,1-3H3,(H,15,16). The number of aryl methyl sites for hydroxylation is 1. The Morgan fingerprint density at radius 3 is 2.95 bits per heavy atom. The third-order valence-corrected chi connectivity index (χ3v) is 4.44. The Labute approximate surface area is 117 Å². The SMILES string of the molecule is Cc1nn(CC2(C)NCCc3[nH]cnc32)c(C)c1Cl. The lowest BCUT2D eigenvalue weighted by molar-refractivity contribution is 0.277. The number of aromatic nitrogens is 4. The first-order valence-corrected chi connectivity index (χ1v) is 6.86. The van der Waals surface area contributed by atoms with Gasteiger partial charge in [0.1, 0.15) is 0 Å². The first-order chi connectivity index (χ1) is 9.01. The summed E-state index contributed by atoms with van der Waals surface area (Å²) in [6.45, 7) is 7.77.